The standard InChI is InChI=1S/C28H30N8O.C27H33N7O4.C26H33N5O3.C16H16N6O/c1-2-20(17-29-8-1)19-34-10-6-23(7-11-34)36-28-24(18-31-36)27(35-12-14-37-15-13-35)32-26(33-28)22-3-4-25-21(16-22)5-9-30-25;1-28-26(35)30-18-4-2-17(3-5-18)23-31-24(33-15-20-6-7-21(16-33)38-20)22-14-29-34(25(22)32-23)19-8-10-27(11-9-19)36-12-13-37-27;1-17-6-4-5-11-31(17)26-28-24-21(25(29-26)30-12-13-34-16-18(30)2)8-9-22(27-24)19-7-10-23(33-3)20(14-19)15-32;1-8(2)22-16-13(15(17)18-7-19-16)14(21-22)12-6-9-5-10(23)3-4-11(9)20-12/h1-5,8-9,16-18,23,30H,6-7,10-15,19H2;2-5,14,19-21H,6-13,15-16H2,1H3,(H2,28,30,35);7-10,14,17-18,32H,4-6,11-13,15-16H2,1-3H3;3-8,20,23H,1-2H3,(H2,17,18,19). The maximum atomic E-state index is 11.7. The van der Waals surface area contributed by atoms with Crippen LogP contribution in [0.15, 0.2) is 153 Å². The van der Waals surface area contributed by atoms with Crippen LogP contribution in [0.1, 0.15) is 128 Å². The van der Waals surface area contributed by atoms with Crippen LogP contribution in [0, 0.1) is 0 Å². The lowest BCUT2D eigenvalue weighted by molar-refractivity contribution is -0.181. The maximum Gasteiger partial charge on any atom is 0.318 e. The molecule has 8 fully saturated rings. The lowest BCUT2D eigenvalue weighted by atomic mass is 9.90. The molecule has 1 aliphatic carbocycles. The second-order valence-corrected chi connectivity index (χ2v) is 35.7. The van der Waals surface area contributed by atoms with Gasteiger partial charge in [-0.15, -0.1) is 0 Å². The number of aliphatic hydroxyl groups excluding tert-OH is 1. The van der Waals surface area contributed by atoms with Crippen molar-refractivity contribution in [2.45, 2.75) is 160 Å². The van der Waals surface area contributed by atoms with Gasteiger partial charge in [0, 0.05) is 159 Å². The third kappa shape index (κ3) is 18.0. The minimum absolute atomic E-state index is 0.0944. The number of nitrogens with zero attached hydrogens (tertiary/aromatic N) is 21. The van der Waals surface area contributed by atoms with E-state index < -0.39 is 5.79 Å². The molecule has 11 aromatic heterocycles. The molecular formula is C97H112N26O9. The number of likely N-dealkylation sites (tertiary alicyclic amines) is 1. The third-order valence-corrected chi connectivity index (χ3v) is 26.7. The number of hydrogen-bond donors (Lipinski definition) is 7. The Morgan fingerprint density at radius 1 is 0.644 bits per heavy atom. The number of fused-ring (bicyclic) bond motifs is 8. The van der Waals surface area contributed by atoms with E-state index >= 15 is 0 Å². The van der Waals surface area contributed by atoms with Crippen LogP contribution in [0.2, 0.25) is 0 Å². The number of piperidine rings is 2. The van der Waals surface area contributed by atoms with Crippen molar-refractivity contribution < 1.29 is 43.4 Å². The normalized spacial score (nSPS) is 19.6. The van der Waals surface area contributed by atoms with Crippen LogP contribution in [0.3, 0.4) is 0 Å². The Labute approximate surface area is 762 Å². The van der Waals surface area contributed by atoms with Crippen molar-refractivity contribution in [3.63, 3.8) is 0 Å². The van der Waals surface area contributed by atoms with Gasteiger partial charge in [-0.3, -0.25) is 9.88 Å². The topological polar surface area (TPSA) is 393 Å². The van der Waals surface area contributed by atoms with Crippen LogP contribution in [0.5, 0.6) is 11.5 Å². The molecule has 2 bridgehead atoms. The van der Waals surface area contributed by atoms with Gasteiger partial charge in [-0.2, -0.15) is 25.3 Å². The maximum absolute atomic E-state index is 11.7. The molecular weight excluding hydrogens is 1670 g/mol. The van der Waals surface area contributed by atoms with E-state index in [-0.39, 0.29) is 48.7 Å². The van der Waals surface area contributed by atoms with E-state index in [0.29, 0.717) is 91.8 Å². The van der Waals surface area contributed by atoms with Crippen LogP contribution in [0.25, 0.3) is 111 Å². The summed E-state index contributed by atoms with van der Waals surface area (Å²) in [5.41, 5.74) is 19.1. The summed E-state index contributed by atoms with van der Waals surface area (Å²) in [7, 11) is 3.20. The highest BCUT2D eigenvalue weighted by Gasteiger charge is 2.43. The van der Waals surface area contributed by atoms with Gasteiger partial charge >= 0.3 is 6.03 Å². The van der Waals surface area contributed by atoms with E-state index in [0.717, 1.165) is 241 Å². The number of rotatable bonds is 16. The number of phenols is 1. The number of morpholine rings is 3. The second-order valence-electron chi connectivity index (χ2n) is 35.7. The number of nitrogens with one attached hydrogen (secondary N) is 4. The van der Waals surface area contributed by atoms with Crippen LogP contribution >= 0.6 is 0 Å². The molecule has 4 unspecified atom stereocenters. The summed E-state index contributed by atoms with van der Waals surface area (Å²) in [5.74, 6) is 5.82. The Bertz CT molecular complexity index is 6600. The zero-order chi connectivity index (χ0) is 90.1. The zero-order valence-electron chi connectivity index (χ0n) is 75.3. The first kappa shape index (κ1) is 86.9. The van der Waals surface area contributed by atoms with Gasteiger partial charge in [-0.1, -0.05) is 6.07 Å². The van der Waals surface area contributed by atoms with Gasteiger partial charge in [0.05, 0.1) is 129 Å². The fourth-order valence-corrected chi connectivity index (χ4v) is 19.7. The number of pyridine rings is 2. The Morgan fingerprint density at radius 2 is 1.36 bits per heavy atom. The van der Waals surface area contributed by atoms with Crippen molar-refractivity contribution in [3.05, 3.63) is 164 Å². The number of aromatic nitrogens is 18. The fraction of sp³-hybridized carbons (Fsp3) is 0.423. The summed E-state index contributed by atoms with van der Waals surface area (Å²) in [6.07, 6.45) is 22.9. The molecule has 8 N–H and O–H groups in total. The molecule has 35 heteroatoms. The number of hydrogen-bond acceptors (Lipinski definition) is 28. The average Bonchev–Trinajstić information content (AvgIpc) is 1.59. The molecule has 18 heterocycles. The summed E-state index contributed by atoms with van der Waals surface area (Å²) in [5, 5.41) is 44.9. The van der Waals surface area contributed by atoms with Crippen molar-refractivity contribution in [1.82, 2.24) is 99.4 Å². The number of aromatic hydroxyl groups is 1. The fourth-order valence-electron chi connectivity index (χ4n) is 19.7. The molecule has 15 aromatic rings. The summed E-state index contributed by atoms with van der Waals surface area (Å²) >= 11 is 0. The number of aromatic amines is 2. The Morgan fingerprint density at radius 3 is 2.08 bits per heavy atom. The van der Waals surface area contributed by atoms with Gasteiger partial charge in [0.2, 0.25) is 5.95 Å². The first-order valence-corrected chi connectivity index (χ1v) is 46.2. The number of urea groups is 1. The highest BCUT2D eigenvalue weighted by molar-refractivity contribution is 6.00. The minimum Gasteiger partial charge on any atom is -0.508 e. The van der Waals surface area contributed by atoms with Gasteiger partial charge < -0.3 is 84.6 Å². The monoisotopic (exact) mass is 1780 g/mol. The SMILES string of the molecule is CC(C)n1nc(-c2cc3cc(O)ccc3[nH]2)c2c(N)ncnc21.CNC(=O)Nc1ccc(-c2nc(N3CC4CCC(C3)O4)c3cnn(C4CCC5(CC4)OCCO5)c3n2)cc1.COc1ccc(-c2ccc3c(N4CCOCC4C)nc(N4CCCCC4C)nc3n2)cc1CO.c1cncc(CN2CCC(n3ncc4c(N5CCOCC5)nc(-c5ccc6[nH]ccc6c5)nc43)CC2)c1. The van der Waals surface area contributed by atoms with E-state index in [1.54, 1.807) is 26.3 Å². The summed E-state index contributed by atoms with van der Waals surface area (Å²) in [4.78, 5) is 78.2. The molecule has 684 valence electrons. The van der Waals surface area contributed by atoms with E-state index in [9.17, 15) is 15.0 Å². The molecule has 1 spiro atoms. The van der Waals surface area contributed by atoms with Crippen LogP contribution in [-0.2, 0) is 36.8 Å². The molecule has 7 aliphatic heterocycles. The molecule has 8 aliphatic rings. The Kier molecular flexibility index (Phi) is 25.0. The molecule has 4 atom stereocenters. The Balaban J connectivity index is 0.000000111. The quantitative estimate of drug-likeness (QED) is 0.0472. The van der Waals surface area contributed by atoms with Gasteiger partial charge in [-0.05, 0) is 200 Å². The first-order chi connectivity index (χ1) is 64.5. The molecule has 7 saturated heterocycles. The minimum atomic E-state index is -0.414. The molecule has 23 rings (SSSR count). The predicted octanol–water partition coefficient (Wildman–Crippen LogP) is 14.2. The molecule has 132 heavy (non-hydrogen) atoms. The van der Waals surface area contributed by atoms with Gasteiger partial charge in [0.15, 0.2) is 40.0 Å². The molecule has 4 aromatic carbocycles. The van der Waals surface area contributed by atoms with E-state index in [1.807, 2.05) is 116 Å². The zero-order valence-corrected chi connectivity index (χ0v) is 75.3. The number of methoxy groups -OCH3 is 1. The predicted molar refractivity (Wildman–Crippen MR) is 507 cm³/mol. The van der Waals surface area contributed by atoms with Crippen molar-refractivity contribution in [2.24, 2.45) is 0 Å². The number of phenolic OH excluding ortho intramolecular Hbond substituents is 1. The van der Waals surface area contributed by atoms with Crippen molar-refractivity contribution in [3.8, 4) is 56.9 Å². The number of benzene rings is 4. The number of H-pyrrole nitrogens is 2. The largest absolute Gasteiger partial charge is 0.508 e. The summed E-state index contributed by atoms with van der Waals surface area (Å²) in [6.45, 7) is 20.6. The number of nitrogen functional groups attached to an aromatic ring is 1. The van der Waals surface area contributed by atoms with Crippen LogP contribution < -0.4 is 40.7 Å². The smallest absolute Gasteiger partial charge is 0.318 e. The first-order valence-electron chi connectivity index (χ1n) is 46.2. The van der Waals surface area contributed by atoms with Gasteiger partial charge in [0.1, 0.15) is 46.8 Å². The number of aliphatic hydroxyl groups is 1. The number of carbonyl (C=O) groups excluding carboxylic acids is 1. The number of ether oxygens (including phenoxy) is 6. The number of anilines is 6. The van der Waals surface area contributed by atoms with E-state index in [4.69, 9.17) is 79.2 Å². The number of nitrogens with two attached hydrogens (primary N) is 1. The molecule has 1 saturated carbocycles. The van der Waals surface area contributed by atoms with Gasteiger partial charge in [-0.25, -0.2) is 53.7 Å². The van der Waals surface area contributed by atoms with Crippen molar-refractivity contribution >= 4 is 107 Å². The molecule has 0 radical (unpaired) electrons. The number of carbonyl (C=O) groups is 1. The lowest BCUT2D eigenvalue weighted by Crippen LogP contribution is -2.45. The number of amides is 2. The van der Waals surface area contributed by atoms with Crippen molar-refractivity contribution in [2.75, 3.05) is 137 Å². The highest BCUT2D eigenvalue weighted by Crippen LogP contribution is 2.44. The van der Waals surface area contributed by atoms with E-state index in [2.05, 4.69) is 125 Å². The molecule has 2 amide bonds. The average molecular weight is 1790 g/mol. The van der Waals surface area contributed by atoms with Crippen LogP contribution in [-0.4, -0.2) is 247 Å². The molecule has 35 nitrogen and oxygen atoms in total. The summed E-state index contributed by atoms with van der Waals surface area (Å²) < 4.78 is 40.8. The van der Waals surface area contributed by atoms with Crippen LogP contribution in [0.4, 0.5) is 39.7 Å². The van der Waals surface area contributed by atoms with Gasteiger partial charge in [0.25, 0.3) is 0 Å². The Hall–Kier alpha value is -13.2. The van der Waals surface area contributed by atoms with Crippen molar-refractivity contribution in [1.29, 1.82) is 0 Å². The third-order valence-electron chi connectivity index (χ3n) is 26.7. The highest BCUT2D eigenvalue weighted by atomic mass is 16.7. The van der Waals surface area contributed by atoms with E-state index in [1.165, 1.54) is 18.3 Å². The summed E-state index contributed by atoms with van der Waals surface area (Å²) in [6, 6.07) is 38.2. The second kappa shape index (κ2) is 38.0. The lowest BCUT2D eigenvalue weighted by Gasteiger charge is -2.37.